The maximum absolute atomic E-state index is 2.62. The van der Waals surface area contributed by atoms with Crippen molar-refractivity contribution in [1.29, 1.82) is 0 Å². The van der Waals surface area contributed by atoms with Crippen molar-refractivity contribution in [2.24, 2.45) is 0 Å². The fourth-order valence-corrected chi connectivity index (χ4v) is 13.6. The van der Waals surface area contributed by atoms with Gasteiger partial charge in [-0.1, -0.05) is 13.3 Å². The van der Waals surface area contributed by atoms with Crippen molar-refractivity contribution in [2.45, 2.75) is 94.8 Å². The van der Waals surface area contributed by atoms with Crippen LogP contribution in [0.15, 0.2) is 48.0 Å². The third-order valence-electron chi connectivity index (χ3n) is 6.49. The molecule has 0 saturated carbocycles. The van der Waals surface area contributed by atoms with Gasteiger partial charge in [0.2, 0.25) is 0 Å². The molecule has 0 spiro atoms. The first kappa shape index (κ1) is 30.9. The Balaban J connectivity index is 0.00000272. The summed E-state index contributed by atoms with van der Waals surface area (Å²) < 4.78 is 0.835. The van der Waals surface area contributed by atoms with Crippen molar-refractivity contribution in [3.8, 4) is 11.1 Å². The molecule has 1 aliphatic carbocycles. The second-order valence-electron chi connectivity index (χ2n) is 9.42. The van der Waals surface area contributed by atoms with Crippen molar-refractivity contribution >= 4 is 12.0 Å². The summed E-state index contributed by atoms with van der Waals surface area (Å²) in [6, 6.07) is 16.6. The Morgan fingerprint density at radius 1 is 0.758 bits per heavy atom. The number of rotatable bonds is 13. The number of hydrogen-bond acceptors (Lipinski definition) is 0. The van der Waals surface area contributed by atoms with Crippen LogP contribution < -0.4 is 24.8 Å². The molecule has 0 bridgehead atoms. The Hall–Kier alpha value is -0.140. The van der Waals surface area contributed by atoms with E-state index in [1.54, 1.807) is 16.7 Å². The normalized spacial score (nSPS) is 14.2. The van der Waals surface area contributed by atoms with E-state index in [9.17, 15) is 0 Å². The second kappa shape index (κ2) is 16.5. The minimum atomic E-state index is -0.376. The molecule has 0 amide bonds. The van der Waals surface area contributed by atoms with Crippen LogP contribution in [0.2, 0.25) is 13.1 Å². The number of hydrogen-bond donors (Lipinski definition) is 0. The molecule has 179 valence electrons. The molecule has 3 rings (SSSR count). The molecular weight excluding hydrogens is 539 g/mol. The summed E-state index contributed by atoms with van der Waals surface area (Å²) in [6.07, 6.45) is 16.0. The van der Waals surface area contributed by atoms with Crippen molar-refractivity contribution in [2.75, 3.05) is 0 Å². The zero-order valence-electron chi connectivity index (χ0n) is 21.0. The summed E-state index contributed by atoms with van der Waals surface area (Å²) in [4.78, 5) is 0. The van der Waals surface area contributed by atoms with Gasteiger partial charge in [0, 0.05) is 0 Å². The summed E-state index contributed by atoms with van der Waals surface area (Å²) in [5.74, 6) is -0.0922. The molecule has 0 saturated heterocycles. The van der Waals surface area contributed by atoms with Gasteiger partial charge in [-0.15, -0.1) is 0 Å². The molecule has 0 nitrogen and oxygen atoms in total. The van der Waals surface area contributed by atoms with Crippen LogP contribution in [-0.2, 0) is 28.8 Å². The van der Waals surface area contributed by atoms with Gasteiger partial charge in [-0.3, -0.25) is 0 Å². The standard InChI is InChI=1S/C27H35.C2H6Si.2ClH.Zr/c1-3-5-7-9-12-22-16-18-24(19-17-22)26-15-11-14-25-20-23(21-27(25)26)13-10-8-6-4-2;1-3-2;;;/h11,14-21H,3-10,12-13H2,1-2H3;1-2H3;2*1H;/q;;;;+2/p-2. The molecule has 4 heteroatoms. The predicted molar refractivity (Wildman–Crippen MR) is 137 cm³/mol. The molecule has 2 aromatic rings. The minimum absolute atomic E-state index is 0. The van der Waals surface area contributed by atoms with Gasteiger partial charge in [0.1, 0.15) is 0 Å². The van der Waals surface area contributed by atoms with E-state index in [-0.39, 0.29) is 53.1 Å². The zero-order chi connectivity index (χ0) is 22.1. The van der Waals surface area contributed by atoms with Crippen molar-refractivity contribution in [3.05, 3.63) is 64.7 Å². The Kier molecular flexibility index (Phi) is 15.5. The third-order valence-corrected chi connectivity index (χ3v) is 15.4. The van der Waals surface area contributed by atoms with Gasteiger partial charge >= 0.3 is 192 Å². The van der Waals surface area contributed by atoms with Gasteiger partial charge in [-0.25, -0.2) is 0 Å². The maximum atomic E-state index is 2.62. The third kappa shape index (κ3) is 9.10. The fraction of sp³-hybridized carbons (Fsp3) is 0.517. The van der Waals surface area contributed by atoms with E-state index in [0.29, 0.717) is 0 Å². The molecule has 1 atom stereocenters. The summed E-state index contributed by atoms with van der Waals surface area (Å²) >= 11 is -0.376. The Labute approximate surface area is 228 Å². The zero-order valence-corrected chi connectivity index (χ0v) is 26.0. The average Bonchev–Trinajstić information content (AvgIpc) is 3.12. The van der Waals surface area contributed by atoms with Crippen LogP contribution in [0, 0.1) is 0 Å². The topological polar surface area (TPSA) is 0 Å². The van der Waals surface area contributed by atoms with E-state index in [1.165, 1.54) is 80.9 Å². The largest absolute Gasteiger partial charge is 1.00 e. The van der Waals surface area contributed by atoms with Crippen LogP contribution in [0.3, 0.4) is 0 Å². The average molecular weight is 580 g/mol. The first-order valence-electron chi connectivity index (χ1n) is 12.6. The monoisotopic (exact) mass is 577 g/mol. The second-order valence-corrected chi connectivity index (χ2v) is 22.6. The van der Waals surface area contributed by atoms with Gasteiger partial charge in [-0.05, 0) is 0 Å². The van der Waals surface area contributed by atoms with E-state index in [0.717, 1.165) is 3.63 Å². The van der Waals surface area contributed by atoms with Crippen molar-refractivity contribution in [1.82, 2.24) is 0 Å². The van der Waals surface area contributed by atoms with Gasteiger partial charge < -0.3 is 24.8 Å². The van der Waals surface area contributed by atoms with Gasteiger partial charge in [0.05, 0.1) is 0 Å². The maximum Gasteiger partial charge on any atom is -1.00 e. The quantitative estimate of drug-likeness (QED) is 0.253. The summed E-state index contributed by atoms with van der Waals surface area (Å²) in [5.41, 5.74) is 9.37. The summed E-state index contributed by atoms with van der Waals surface area (Å²) in [6.45, 7) is 9.70. The number of halogens is 2. The molecule has 0 heterocycles. The number of benzene rings is 2. The molecule has 33 heavy (non-hydrogen) atoms. The van der Waals surface area contributed by atoms with Crippen LogP contribution in [0.25, 0.3) is 17.2 Å². The number of fused-ring (bicyclic) bond motifs is 1. The van der Waals surface area contributed by atoms with Crippen LogP contribution in [-0.4, -0.2) is 5.92 Å². The van der Waals surface area contributed by atoms with Gasteiger partial charge in [0.25, 0.3) is 0 Å². The molecule has 0 aromatic heterocycles. The van der Waals surface area contributed by atoms with Crippen molar-refractivity contribution in [3.63, 3.8) is 0 Å². The molecule has 0 N–H and O–H groups in total. The molecular formula is C29H41Cl2SiZr. The first-order chi connectivity index (χ1) is 15.1. The molecule has 2 aromatic carbocycles. The van der Waals surface area contributed by atoms with Crippen LogP contribution in [0.1, 0.15) is 92.0 Å². The smallest absolute Gasteiger partial charge is 1.00 e. The molecule has 0 fully saturated rings. The minimum Gasteiger partial charge on any atom is -1.00 e. The Morgan fingerprint density at radius 2 is 1.39 bits per heavy atom. The molecule has 1 unspecified atom stereocenters. The van der Waals surface area contributed by atoms with E-state index < -0.39 is 0 Å². The molecule has 1 aliphatic rings. The van der Waals surface area contributed by atoms with Crippen LogP contribution >= 0.6 is 0 Å². The van der Waals surface area contributed by atoms with Gasteiger partial charge in [-0.2, -0.15) is 0 Å². The first-order valence-corrected chi connectivity index (χ1v) is 20.2. The van der Waals surface area contributed by atoms with E-state index in [1.807, 2.05) is 0 Å². The SMILES string of the molecule is CCCCCCC1=Cc2c(-c3ccc(CCCCCC)cc3)cccc2[CH]1[Zr+2][Si](C)C.[Cl-].[Cl-]. The van der Waals surface area contributed by atoms with Crippen molar-refractivity contribution < 1.29 is 47.2 Å². The molecule has 1 radical (unpaired) electrons. The Morgan fingerprint density at radius 3 is 2.00 bits per heavy atom. The van der Waals surface area contributed by atoms with E-state index in [2.05, 4.69) is 75.5 Å². The number of unbranched alkanes of at least 4 members (excludes halogenated alkanes) is 6. The summed E-state index contributed by atoms with van der Waals surface area (Å²) in [5, 5.41) is 0. The van der Waals surface area contributed by atoms with E-state index >= 15 is 0 Å². The van der Waals surface area contributed by atoms with E-state index in [4.69, 9.17) is 0 Å². The fourth-order valence-electron chi connectivity index (χ4n) is 4.75. The summed E-state index contributed by atoms with van der Waals surface area (Å²) in [7, 11) is 0. The predicted octanol–water partition coefficient (Wildman–Crippen LogP) is 3.23. The Bertz CT molecular complexity index is 845. The van der Waals surface area contributed by atoms with Gasteiger partial charge in [0.15, 0.2) is 0 Å². The molecule has 0 aliphatic heterocycles. The van der Waals surface area contributed by atoms with Crippen LogP contribution in [0.5, 0.6) is 0 Å². The van der Waals surface area contributed by atoms with Crippen LogP contribution in [0.4, 0.5) is 0 Å². The number of allylic oxidation sites excluding steroid dienone is 1. The number of aryl methyl sites for hydroxylation is 1.